The number of hydrogen-bond acceptors (Lipinski definition) is 5. The van der Waals surface area contributed by atoms with Crippen LogP contribution in [-0.4, -0.2) is 16.0 Å². The smallest absolute Gasteiger partial charge is 0.293 e. The van der Waals surface area contributed by atoms with E-state index in [1.807, 2.05) is 31.2 Å². The molecule has 1 fully saturated rings. The lowest BCUT2D eigenvalue weighted by Gasteiger charge is -2.13. The fourth-order valence-electron chi connectivity index (χ4n) is 3.37. The van der Waals surface area contributed by atoms with E-state index in [1.165, 1.54) is 0 Å². The second-order valence-corrected chi connectivity index (χ2v) is 9.43. The van der Waals surface area contributed by atoms with E-state index in [-0.39, 0.29) is 11.4 Å². The predicted octanol–water partition coefficient (Wildman–Crippen LogP) is 6.99. The van der Waals surface area contributed by atoms with Crippen LogP contribution in [0.5, 0.6) is 5.75 Å². The molecule has 1 aliphatic rings. The van der Waals surface area contributed by atoms with Gasteiger partial charge in [0.1, 0.15) is 6.61 Å². The van der Waals surface area contributed by atoms with E-state index in [4.69, 9.17) is 27.9 Å². The van der Waals surface area contributed by atoms with Gasteiger partial charge in [0.15, 0.2) is 5.75 Å². The number of nitrogens with zero attached hydrogens (tertiary/aromatic N) is 2. The summed E-state index contributed by atoms with van der Waals surface area (Å²) in [5, 5.41) is 9.46. The van der Waals surface area contributed by atoms with Crippen LogP contribution in [0.15, 0.2) is 65.6 Å². The Morgan fingerprint density at radius 2 is 1.74 bits per heavy atom. The molecule has 0 aliphatic carbocycles. The molecule has 0 aromatic heterocycles. The predicted molar refractivity (Wildman–Crippen MR) is 135 cm³/mol. The molecule has 0 N–H and O–H groups in total. The van der Waals surface area contributed by atoms with Crippen molar-refractivity contribution in [3.8, 4) is 11.8 Å². The number of aryl methyl sites for hydroxylation is 1. The average molecular weight is 509 g/mol. The Labute approximate surface area is 211 Å². The van der Waals surface area contributed by atoms with Crippen molar-refractivity contribution in [2.24, 2.45) is 0 Å². The van der Waals surface area contributed by atoms with Gasteiger partial charge in [0.2, 0.25) is 0 Å². The highest BCUT2D eigenvalue weighted by molar-refractivity contribution is 8.18. The molecule has 170 valence electrons. The van der Waals surface area contributed by atoms with E-state index in [9.17, 15) is 14.9 Å². The monoisotopic (exact) mass is 508 g/mol. The zero-order chi connectivity index (χ0) is 24.2. The number of rotatable bonds is 6. The lowest BCUT2D eigenvalue weighted by atomic mass is 10.1. The zero-order valence-electron chi connectivity index (χ0n) is 18.0. The van der Waals surface area contributed by atoms with Crippen molar-refractivity contribution in [3.05, 3.63) is 103 Å². The second kappa shape index (κ2) is 10.4. The summed E-state index contributed by atoms with van der Waals surface area (Å²) in [5.41, 5.74) is 3.73. The Morgan fingerprint density at radius 1 is 1.06 bits per heavy atom. The summed E-state index contributed by atoms with van der Waals surface area (Å²) in [6.07, 6.45) is 1.57. The maximum Gasteiger partial charge on any atom is 0.293 e. The van der Waals surface area contributed by atoms with E-state index in [2.05, 4.69) is 6.07 Å². The van der Waals surface area contributed by atoms with Crippen molar-refractivity contribution in [3.63, 3.8) is 0 Å². The van der Waals surface area contributed by atoms with Crippen LogP contribution in [0.25, 0.3) is 6.08 Å². The first-order valence-electron chi connectivity index (χ1n) is 10.3. The van der Waals surface area contributed by atoms with E-state index >= 15 is 0 Å². The number of carbonyl (C=O) groups excluding carboxylic acids is 2. The van der Waals surface area contributed by atoms with Gasteiger partial charge in [0.25, 0.3) is 11.1 Å². The summed E-state index contributed by atoms with van der Waals surface area (Å²) >= 11 is 13.6. The molecule has 0 radical (unpaired) electrons. The standard InChI is InChI=1S/C26H18Cl2N2O3S/c1-16-6-8-17(9-7-16)15-33-24-21(27)10-18(11-22(24)28)12-23-25(31)30(26(32)34-23)14-20-5-3-2-4-19(20)13-29/h2-12H,14-15H2,1H3/b23-12+. The third-order valence-electron chi connectivity index (χ3n) is 5.16. The lowest BCUT2D eigenvalue weighted by molar-refractivity contribution is -0.123. The summed E-state index contributed by atoms with van der Waals surface area (Å²) in [6, 6.07) is 20.1. The molecular formula is C26H18Cl2N2O3S. The van der Waals surface area contributed by atoms with E-state index in [0.29, 0.717) is 39.1 Å². The Balaban J connectivity index is 1.51. The van der Waals surface area contributed by atoms with Gasteiger partial charge in [-0.1, -0.05) is 71.2 Å². The van der Waals surface area contributed by atoms with Crippen LogP contribution in [0.3, 0.4) is 0 Å². The van der Waals surface area contributed by atoms with Gasteiger partial charge in [-0.3, -0.25) is 14.5 Å². The fraction of sp³-hybridized carbons (Fsp3) is 0.115. The zero-order valence-corrected chi connectivity index (χ0v) is 20.4. The molecule has 0 spiro atoms. The molecule has 5 nitrogen and oxygen atoms in total. The normalized spacial score (nSPS) is 14.5. The maximum atomic E-state index is 12.9. The Hall–Kier alpha value is -3.24. The van der Waals surface area contributed by atoms with Crippen molar-refractivity contribution >= 4 is 52.2 Å². The minimum atomic E-state index is -0.435. The average Bonchev–Trinajstić information content (AvgIpc) is 3.07. The van der Waals surface area contributed by atoms with Gasteiger partial charge in [0.05, 0.1) is 33.1 Å². The first-order chi connectivity index (χ1) is 16.4. The van der Waals surface area contributed by atoms with Crippen molar-refractivity contribution in [2.45, 2.75) is 20.1 Å². The van der Waals surface area contributed by atoms with Crippen LogP contribution in [0, 0.1) is 18.3 Å². The molecule has 1 heterocycles. The van der Waals surface area contributed by atoms with Gasteiger partial charge in [-0.25, -0.2) is 0 Å². The van der Waals surface area contributed by atoms with Crippen molar-refractivity contribution in [2.75, 3.05) is 0 Å². The van der Waals surface area contributed by atoms with Crippen molar-refractivity contribution < 1.29 is 14.3 Å². The molecule has 34 heavy (non-hydrogen) atoms. The van der Waals surface area contributed by atoms with Crippen LogP contribution in [0.2, 0.25) is 10.0 Å². The van der Waals surface area contributed by atoms with Gasteiger partial charge >= 0.3 is 0 Å². The quantitative estimate of drug-likeness (QED) is 0.335. The minimum absolute atomic E-state index is 0.0268. The SMILES string of the molecule is Cc1ccc(COc2c(Cl)cc(/C=C3/SC(=O)N(Cc4ccccc4C#N)C3=O)cc2Cl)cc1. The third-order valence-corrected chi connectivity index (χ3v) is 6.63. The minimum Gasteiger partial charge on any atom is -0.486 e. The van der Waals surface area contributed by atoms with Gasteiger partial charge in [0, 0.05) is 0 Å². The van der Waals surface area contributed by atoms with Crippen molar-refractivity contribution in [1.82, 2.24) is 4.90 Å². The van der Waals surface area contributed by atoms with Crippen LogP contribution in [0.4, 0.5) is 4.79 Å². The largest absolute Gasteiger partial charge is 0.486 e. The van der Waals surface area contributed by atoms with Crippen LogP contribution >= 0.6 is 35.0 Å². The molecule has 0 saturated carbocycles. The molecule has 8 heteroatoms. The Morgan fingerprint density at radius 3 is 2.41 bits per heavy atom. The summed E-state index contributed by atoms with van der Waals surface area (Å²) < 4.78 is 5.82. The van der Waals surface area contributed by atoms with Crippen molar-refractivity contribution in [1.29, 1.82) is 5.26 Å². The van der Waals surface area contributed by atoms with Gasteiger partial charge in [-0.05, 0) is 59.7 Å². The third kappa shape index (κ3) is 5.28. The molecular weight excluding hydrogens is 491 g/mol. The Bertz CT molecular complexity index is 1320. The van der Waals surface area contributed by atoms with E-state index in [0.717, 1.165) is 27.8 Å². The molecule has 0 atom stereocenters. The number of amides is 2. The summed E-state index contributed by atoms with van der Waals surface area (Å²) in [7, 11) is 0. The van der Waals surface area contributed by atoms with E-state index < -0.39 is 11.1 Å². The number of thioether (sulfide) groups is 1. The fourth-order valence-corrected chi connectivity index (χ4v) is 4.82. The number of hydrogen-bond donors (Lipinski definition) is 0. The summed E-state index contributed by atoms with van der Waals surface area (Å²) in [4.78, 5) is 26.7. The number of halogens is 2. The van der Waals surface area contributed by atoms with Gasteiger partial charge in [-0.15, -0.1) is 0 Å². The highest BCUT2D eigenvalue weighted by Crippen LogP contribution is 2.38. The first kappa shape index (κ1) is 23.9. The van der Waals surface area contributed by atoms with Crippen LogP contribution in [0.1, 0.15) is 27.8 Å². The number of carbonyl (C=O) groups is 2. The molecule has 1 aliphatic heterocycles. The molecule has 0 unspecified atom stereocenters. The summed E-state index contributed by atoms with van der Waals surface area (Å²) in [5.74, 6) is -0.0861. The second-order valence-electron chi connectivity index (χ2n) is 7.62. The highest BCUT2D eigenvalue weighted by Gasteiger charge is 2.35. The topological polar surface area (TPSA) is 70.4 Å². The molecule has 3 aromatic carbocycles. The lowest BCUT2D eigenvalue weighted by Crippen LogP contribution is -2.27. The molecule has 0 bridgehead atoms. The van der Waals surface area contributed by atoms with Gasteiger partial charge in [-0.2, -0.15) is 5.26 Å². The van der Waals surface area contributed by atoms with Crippen LogP contribution < -0.4 is 4.74 Å². The summed E-state index contributed by atoms with van der Waals surface area (Å²) in [6.45, 7) is 2.35. The first-order valence-corrected chi connectivity index (χ1v) is 11.8. The maximum absolute atomic E-state index is 12.9. The van der Waals surface area contributed by atoms with Gasteiger partial charge < -0.3 is 4.74 Å². The number of benzene rings is 3. The Kier molecular flexibility index (Phi) is 7.28. The van der Waals surface area contributed by atoms with Crippen LogP contribution in [-0.2, 0) is 17.9 Å². The molecule has 2 amide bonds. The van der Waals surface area contributed by atoms with E-state index in [1.54, 1.807) is 42.5 Å². The highest BCUT2D eigenvalue weighted by atomic mass is 35.5. The molecule has 3 aromatic rings. The number of nitriles is 1. The molecule has 4 rings (SSSR count). The number of ether oxygens (including phenoxy) is 1. The number of imide groups is 1. The molecule has 1 saturated heterocycles.